The molecule has 0 radical (unpaired) electrons. The molecule has 3 heterocycles. The maximum atomic E-state index is 11.9. The molecule has 0 aliphatic carbocycles. The fraction of sp³-hybridized carbons (Fsp3) is 0.545. The maximum Gasteiger partial charge on any atom is 0.352 e. The average molecular weight is 342 g/mol. The Labute approximate surface area is 134 Å². The number of thioether (sulfide) groups is 2. The number of aliphatic carboxylic acids is 1. The van der Waals surface area contributed by atoms with Crippen LogP contribution in [0.25, 0.3) is 0 Å². The lowest BCUT2D eigenvalue weighted by molar-refractivity contribution is -0.148. The number of aryl methyl sites for hydroxylation is 1. The molecule has 1 aromatic rings. The maximum absolute atomic E-state index is 11.9. The Balaban J connectivity index is 1.91. The van der Waals surface area contributed by atoms with E-state index in [2.05, 4.69) is 15.5 Å². The van der Waals surface area contributed by atoms with Gasteiger partial charge in [0.05, 0.1) is 0 Å². The summed E-state index contributed by atoms with van der Waals surface area (Å²) in [5, 5.41) is 20.8. The lowest BCUT2D eigenvalue weighted by Crippen LogP contribution is -2.68. The van der Waals surface area contributed by atoms with Gasteiger partial charge >= 0.3 is 5.97 Å². The third-order valence-electron chi connectivity index (χ3n) is 3.60. The number of hydrogen-bond acceptors (Lipinski definition) is 8. The van der Waals surface area contributed by atoms with Crippen LogP contribution in [0, 0.1) is 0 Å². The normalized spacial score (nSPS) is 25.8. The van der Waals surface area contributed by atoms with Gasteiger partial charge in [-0.2, -0.15) is 0 Å². The molecule has 3 rings (SSSR count). The van der Waals surface area contributed by atoms with Crippen LogP contribution in [0.5, 0.6) is 0 Å². The molecule has 1 amide bonds. The first-order chi connectivity index (χ1) is 10.4. The van der Waals surface area contributed by atoms with Crippen molar-refractivity contribution in [3.8, 4) is 0 Å². The van der Waals surface area contributed by atoms with E-state index in [9.17, 15) is 14.7 Å². The first-order valence-electron chi connectivity index (χ1n) is 6.47. The number of nitrogens with two attached hydrogens (primary N) is 1. The molecule has 0 saturated carbocycles. The zero-order valence-electron chi connectivity index (χ0n) is 11.8. The van der Waals surface area contributed by atoms with E-state index in [1.807, 2.05) is 6.92 Å². The van der Waals surface area contributed by atoms with E-state index in [0.29, 0.717) is 16.5 Å². The summed E-state index contributed by atoms with van der Waals surface area (Å²) >= 11 is 2.84. The summed E-state index contributed by atoms with van der Waals surface area (Å²) in [7, 11) is 1.71. The van der Waals surface area contributed by atoms with Crippen molar-refractivity contribution >= 4 is 35.4 Å². The topological polar surface area (TPSA) is 127 Å². The van der Waals surface area contributed by atoms with Gasteiger partial charge in [0.15, 0.2) is 0 Å². The predicted octanol–water partition coefficient (Wildman–Crippen LogP) is -0.728. The van der Waals surface area contributed by atoms with Crippen LogP contribution < -0.4 is 5.73 Å². The minimum Gasteiger partial charge on any atom is -0.477 e. The molecule has 1 unspecified atom stereocenters. The van der Waals surface area contributed by atoms with Gasteiger partial charge in [0.2, 0.25) is 11.1 Å². The molecule has 0 spiro atoms. The number of hydrogen-bond donors (Lipinski definition) is 2. The van der Waals surface area contributed by atoms with E-state index >= 15 is 0 Å². The van der Waals surface area contributed by atoms with Crippen LogP contribution in [-0.4, -0.2) is 64.5 Å². The number of β-lactam (4-membered cyclic amide) rings is 1. The van der Waals surface area contributed by atoms with Crippen LogP contribution in [0.2, 0.25) is 0 Å². The van der Waals surface area contributed by atoms with Crippen LogP contribution >= 0.6 is 23.5 Å². The molecule has 0 aromatic carbocycles. The van der Waals surface area contributed by atoms with E-state index in [-0.39, 0.29) is 22.2 Å². The summed E-state index contributed by atoms with van der Waals surface area (Å²) in [6.07, 6.45) is 0. The molecule has 2 aliphatic heterocycles. The molecule has 2 aliphatic rings. The van der Waals surface area contributed by atoms with Crippen molar-refractivity contribution in [2.75, 3.05) is 5.75 Å². The molecule has 0 bridgehead atoms. The first kappa shape index (κ1) is 15.3. The molecule has 1 aromatic heterocycles. The molecule has 118 valence electrons. The number of tetrazole rings is 1. The van der Waals surface area contributed by atoms with Crippen molar-refractivity contribution in [2.45, 2.75) is 28.7 Å². The zero-order chi connectivity index (χ0) is 16.0. The summed E-state index contributed by atoms with van der Waals surface area (Å²) in [4.78, 5) is 24.8. The van der Waals surface area contributed by atoms with Crippen molar-refractivity contribution in [3.63, 3.8) is 0 Å². The zero-order valence-corrected chi connectivity index (χ0v) is 13.5. The summed E-state index contributed by atoms with van der Waals surface area (Å²) in [6.45, 7) is 1.88. The highest BCUT2D eigenvalue weighted by Crippen LogP contribution is 2.42. The minimum absolute atomic E-state index is 0.0468. The fourth-order valence-corrected chi connectivity index (χ4v) is 4.85. The van der Waals surface area contributed by atoms with Crippen LogP contribution in [0.3, 0.4) is 0 Å². The minimum atomic E-state index is -1.11. The largest absolute Gasteiger partial charge is 0.477 e. The van der Waals surface area contributed by atoms with Gasteiger partial charge in [-0.3, -0.25) is 9.69 Å². The lowest BCUT2D eigenvalue weighted by Gasteiger charge is -2.48. The van der Waals surface area contributed by atoms with E-state index in [0.717, 1.165) is 0 Å². The number of aromatic nitrogens is 4. The number of rotatable bonds is 4. The van der Waals surface area contributed by atoms with Gasteiger partial charge in [0.1, 0.15) is 17.1 Å². The van der Waals surface area contributed by atoms with E-state index in [1.165, 1.54) is 33.1 Å². The Bertz CT molecular complexity index is 675. The molecule has 3 N–H and O–H groups in total. The van der Waals surface area contributed by atoms with Gasteiger partial charge in [-0.1, -0.05) is 11.8 Å². The Morgan fingerprint density at radius 3 is 2.91 bits per heavy atom. The van der Waals surface area contributed by atoms with Gasteiger partial charge in [0.25, 0.3) is 0 Å². The third-order valence-corrected chi connectivity index (χ3v) is 6.11. The molecular weight excluding hydrogens is 328 g/mol. The van der Waals surface area contributed by atoms with Crippen molar-refractivity contribution in [3.05, 3.63) is 11.3 Å². The Morgan fingerprint density at radius 2 is 2.32 bits per heavy atom. The fourth-order valence-electron chi connectivity index (χ4n) is 2.40. The smallest absolute Gasteiger partial charge is 0.352 e. The monoisotopic (exact) mass is 342 g/mol. The summed E-state index contributed by atoms with van der Waals surface area (Å²) in [5.41, 5.74) is 6.46. The van der Waals surface area contributed by atoms with Crippen molar-refractivity contribution in [1.29, 1.82) is 0 Å². The van der Waals surface area contributed by atoms with Crippen LogP contribution in [0.15, 0.2) is 16.4 Å². The molecule has 22 heavy (non-hydrogen) atoms. The quantitative estimate of drug-likeness (QED) is 0.538. The summed E-state index contributed by atoms with van der Waals surface area (Å²) < 4.78 is 1.52. The van der Waals surface area contributed by atoms with Gasteiger partial charge < -0.3 is 10.8 Å². The van der Waals surface area contributed by atoms with Crippen LogP contribution in [0.4, 0.5) is 0 Å². The highest BCUT2D eigenvalue weighted by molar-refractivity contribution is 8.01. The molecule has 1 fully saturated rings. The van der Waals surface area contributed by atoms with Gasteiger partial charge in [-0.05, 0) is 22.9 Å². The van der Waals surface area contributed by atoms with Gasteiger partial charge in [-0.15, -0.1) is 16.9 Å². The van der Waals surface area contributed by atoms with Crippen LogP contribution in [0.1, 0.15) is 6.92 Å². The third kappa shape index (κ3) is 2.29. The SMILES string of the molecule is CC(Sc1nnnn1C)C1=C(C(=O)O)N2C(=O)[C@@H](N)[C@@H]2SC1. The number of carbonyl (C=O) groups excluding carboxylic acids is 1. The highest BCUT2D eigenvalue weighted by Gasteiger charge is 2.52. The molecule has 3 atom stereocenters. The first-order valence-corrected chi connectivity index (χ1v) is 8.40. The Morgan fingerprint density at radius 1 is 1.59 bits per heavy atom. The molecule has 11 heteroatoms. The van der Waals surface area contributed by atoms with Crippen molar-refractivity contribution < 1.29 is 14.7 Å². The number of amides is 1. The van der Waals surface area contributed by atoms with Crippen molar-refractivity contribution in [1.82, 2.24) is 25.1 Å². The van der Waals surface area contributed by atoms with E-state index < -0.39 is 12.0 Å². The number of carboxylic acid groups (broad SMARTS) is 1. The second-order valence-corrected chi connectivity index (χ2v) is 7.37. The van der Waals surface area contributed by atoms with Gasteiger partial charge in [-0.25, -0.2) is 9.48 Å². The second-order valence-electron chi connectivity index (χ2n) is 4.96. The molecule has 1 saturated heterocycles. The Hall–Kier alpha value is -1.59. The summed E-state index contributed by atoms with van der Waals surface area (Å²) in [6, 6.07) is -0.619. The number of carboxylic acids is 1. The second kappa shape index (κ2) is 5.56. The highest BCUT2D eigenvalue weighted by atomic mass is 32.2. The summed E-state index contributed by atoms with van der Waals surface area (Å²) in [5.74, 6) is -0.933. The standard InChI is InChI=1S/C11H14N6O3S2/c1-4(22-11-13-14-15-16(11)2)5-3-21-9-6(12)8(18)17(9)7(5)10(19)20/h4,6,9H,3,12H2,1-2H3,(H,19,20)/t4?,6-,9+/m1/s1. The van der Waals surface area contributed by atoms with Crippen molar-refractivity contribution in [2.24, 2.45) is 12.8 Å². The predicted molar refractivity (Wildman–Crippen MR) is 79.8 cm³/mol. The number of nitrogens with zero attached hydrogens (tertiary/aromatic N) is 5. The van der Waals surface area contributed by atoms with E-state index in [1.54, 1.807) is 7.05 Å². The number of carbonyl (C=O) groups is 2. The lowest BCUT2D eigenvalue weighted by atomic mass is 10.0. The van der Waals surface area contributed by atoms with Crippen LogP contribution in [-0.2, 0) is 16.6 Å². The van der Waals surface area contributed by atoms with E-state index in [4.69, 9.17) is 5.73 Å². The molecule has 9 nitrogen and oxygen atoms in total. The average Bonchev–Trinajstić information content (AvgIpc) is 2.89. The van der Waals surface area contributed by atoms with Gasteiger partial charge in [0, 0.05) is 18.1 Å². The molecular formula is C11H14N6O3S2. The number of fused-ring (bicyclic) bond motifs is 1. The Kier molecular flexibility index (Phi) is 3.87.